The van der Waals surface area contributed by atoms with Crippen molar-refractivity contribution in [3.8, 4) is 0 Å². The second-order valence-corrected chi connectivity index (χ2v) is 9.23. The number of anilines is 1. The first-order valence-electron chi connectivity index (χ1n) is 9.12. The predicted octanol–water partition coefficient (Wildman–Crippen LogP) is 2.75. The molecule has 0 atom stereocenters. The summed E-state index contributed by atoms with van der Waals surface area (Å²) in [4.78, 5) is 25.7. The van der Waals surface area contributed by atoms with Gasteiger partial charge in [0.25, 0.3) is 5.91 Å². The number of sulfonamides is 1. The van der Waals surface area contributed by atoms with Crippen LogP contribution in [0.2, 0.25) is 5.02 Å². The van der Waals surface area contributed by atoms with Crippen molar-refractivity contribution in [1.29, 1.82) is 0 Å². The third-order valence-electron chi connectivity index (χ3n) is 4.85. The van der Waals surface area contributed by atoms with Crippen molar-refractivity contribution < 1.29 is 18.0 Å². The van der Waals surface area contributed by atoms with Crippen LogP contribution < -0.4 is 5.32 Å². The van der Waals surface area contributed by atoms with Gasteiger partial charge in [0, 0.05) is 49.4 Å². The Morgan fingerprint density at radius 3 is 2.34 bits per heavy atom. The lowest BCUT2D eigenvalue weighted by Crippen LogP contribution is -2.49. The van der Waals surface area contributed by atoms with Crippen LogP contribution >= 0.6 is 11.6 Å². The second-order valence-electron chi connectivity index (χ2n) is 6.85. The van der Waals surface area contributed by atoms with Gasteiger partial charge >= 0.3 is 0 Å². The van der Waals surface area contributed by atoms with Crippen LogP contribution in [-0.2, 0) is 14.8 Å². The zero-order valence-corrected chi connectivity index (χ0v) is 17.8. The molecular weight excluding hydrogens is 414 g/mol. The zero-order valence-electron chi connectivity index (χ0n) is 16.2. The summed E-state index contributed by atoms with van der Waals surface area (Å²) in [5.74, 6) is -0.480. The number of nitrogens with zero attached hydrogens (tertiary/aromatic N) is 2. The van der Waals surface area contributed by atoms with E-state index in [9.17, 15) is 18.0 Å². The lowest BCUT2D eigenvalue weighted by Gasteiger charge is -2.33. The van der Waals surface area contributed by atoms with Gasteiger partial charge in [0.2, 0.25) is 15.9 Å². The summed E-state index contributed by atoms with van der Waals surface area (Å²) in [5.41, 5.74) is 1.65. The van der Waals surface area contributed by atoms with Gasteiger partial charge in [-0.1, -0.05) is 17.7 Å². The van der Waals surface area contributed by atoms with Gasteiger partial charge in [0.1, 0.15) is 0 Å². The largest absolute Gasteiger partial charge is 0.340 e. The average Bonchev–Trinajstić information content (AvgIpc) is 2.70. The molecule has 2 amide bonds. The van der Waals surface area contributed by atoms with Crippen LogP contribution in [0, 0.1) is 6.92 Å². The molecule has 0 unspecified atom stereocenters. The van der Waals surface area contributed by atoms with E-state index in [4.69, 9.17) is 11.6 Å². The van der Waals surface area contributed by atoms with Crippen molar-refractivity contribution in [3.63, 3.8) is 0 Å². The van der Waals surface area contributed by atoms with E-state index in [-0.39, 0.29) is 29.5 Å². The number of nitrogens with one attached hydrogen (secondary N) is 1. The summed E-state index contributed by atoms with van der Waals surface area (Å²) in [6.45, 7) is 4.44. The highest BCUT2D eigenvalue weighted by molar-refractivity contribution is 7.89. The zero-order chi connectivity index (χ0) is 21.2. The quantitative estimate of drug-likeness (QED) is 0.799. The first-order valence-corrected chi connectivity index (χ1v) is 10.9. The van der Waals surface area contributed by atoms with Gasteiger partial charge in [-0.15, -0.1) is 0 Å². The topological polar surface area (TPSA) is 86.8 Å². The third kappa shape index (κ3) is 4.77. The number of aryl methyl sites for hydroxylation is 1. The van der Waals surface area contributed by atoms with Crippen LogP contribution in [0.1, 0.15) is 22.8 Å². The number of benzene rings is 2. The van der Waals surface area contributed by atoms with Crippen molar-refractivity contribution >= 4 is 39.1 Å². The van der Waals surface area contributed by atoms with E-state index in [2.05, 4.69) is 5.32 Å². The van der Waals surface area contributed by atoms with Gasteiger partial charge in [0.15, 0.2) is 0 Å². The average molecular weight is 436 g/mol. The van der Waals surface area contributed by atoms with Crippen molar-refractivity contribution in [2.24, 2.45) is 0 Å². The minimum absolute atomic E-state index is 0.0502. The van der Waals surface area contributed by atoms with E-state index in [1.54, 1.807) is 35.2 Å². The van der Waals surface area contributed by atoms with Crippen molar-refractivity contribution in [2.75, 3.05) is 31.5 Å². The van der Waals surface area contributed by atoms with Crippen LogP contribution in [0.4, 0.5) is 5.69 Å². The highest BCUT2D eigenvalue weighted by Crippen LogP contribution is 2.22. The Balaban J connectivity index is 1.78. The van der Waals surface area contributed by atoms with E-state index in [0.717, 1.165) is 5.56 Å². The minimum Gasteiger partial charge on any atom is -0.340 e. The molecule has 0 spiro atoms. The van der Waals surface area contributed by atoms with Crippen LogP contribution in [0.25, 0.3) is 0 Å². The maximum atomic E-state index is 13.0. The lowest BCUT2D eigenvalue weighted by molar-refractivity contribution is -0.129. The summed E-state index contributed by atoms with van der Waals surface area (Å²) in [7, 11) is -3.76. The molecule has 1 heterocycles. The summed E-state index contributed by atoms with van der Waals surface area (Å²) in [6, 6.07) is 11.1. The van der Waals surface area contributed by atoms with Crippen molar-refractivity contribution in [3.05, 3.63) is 58.6 Å². The molecule has 3 rings (SSSR count). The molecule has 2 aromatic rings. The normalized spacial score (nSPS) is 15.2. The minimum atomic E-state index is -3.76. The SMILES string of the molecule is CC(=O)N1CCN(S(=O)(=O)c2cccc(C(=O)Nc3ccc(Cl)cc3C)c2)CC1. The Labute approximate surface area is 175 Å². The molecule has 154 valence electrons. The summed E-state index contributed by atoms with van der Waals surface area (Å²) in [6.07, 6.45) is 0. The molecule has 9 heteroatoms. The number of carbonyl (C=O) groups is 2. The Morgan fingerprint density at radius 1 is 1.03 bits per heavy atom. The molecule has 1 fully saturated rings. The van der Waals surface area contributed by atoms with Crippen LogP contribution in [-0.4, -0.2) is 55.6 Å². The Morgan fingerprint density at radius 2 is 1.72 bits per heavy atom. The Hall–Kier alpha value is -2.42. The molecule has 0 radical (unpaired) electrons. The molecule has 1 saturated heterocycles. The molecule has 2 aromatic carbocycles. The highest BCUT2D eigenvalue weighted by Gasteiger charge is 2.29. The standard InChI is InChI=1S/C20H22ClN3O4S/c1-14-12-17(21)6-7-19(14)22-20(26)16-4-3-5-18(13-16)29(27,28)24-10-8-23(9-11-24)15(2)25/h3-7,12-13H,8-11H2,1-2H3,(H,22,26). The molecular formula is C20H22ClN3O4S. The Kier molecular flexibility index (Phi) is 6.26. The van der Waals surface area contributed by atoms with Gasteiger partial charge in [-0.25, -0.2) is 8.42 Å². The molecule has 1 N–H and O–H groups in total. The molecule has 1 aliphatic rings. The van der Waals surface area contributed by atoms with Crippen LogP contribution in [0.5, 0.6) is 0 Å². The lowest BCUT2D eigenvalue weighted by atomic mass is 10.1. The number of halogens is 1. The van der Waals surface area contributed by atoms with Gasteiger partial charge in [-0.05, 0) is 48.9 Å². The number of carbonyl (C=O) groups excluding carboxylic acids is 2. The molecule has 0 saturated carbocycles. The number of amides is 2. The molecule has 29 heavy (non-hydrogen) atoms. The van der Waals surface area contributed by atoms with Gasteiger partial charge in [-0.3, -0.25) is 9.59 Å². The Bertz CT molecular complexity index is 1050. The number of hydrogen-bond acceptors (Lipinski definition) is 4. The highest BCUT2D eigenvalue weighted by atomic mass is 35.5. The summed E-state index contributed by atoms with van der Waals surface area (Å²) < 4.78 is 27.3. The monoisotopic (exact) mass is 435 g/mol. The maximum Gasteiger partial charge on any atom is 0.255 e. The summed E-state index contributed by atoms with van der Waals surface area (Å²) >= 11 is 5.94. The molecule has 0 aromatic heterocycles. The number of piperazine rings is 1. The van der Waals surface area contributed by atoms with Gasteiger partial charge < -0.3 is 10.2 Å². The second kappa shape index (κ2) is 8.52. The van der Waals surface area contributed by atoms with Crippen LogP contribution in [0.3, 0.4) is 0 Å². The molecule has 0 bridgehead atoms. The summed E-state index contributed by atoms with van der Waals surface area (Å²) in [5, 5.41) is 3.35. The van der Waals surface area contributed by atoms with Gasteiger partial charge in [0.05, 0.1) is 4.90 Å². The van der Waals surface area contributed by atoms with E-state index >= 15 is 0 Å². The van der Waals surface area contributed by atoms with E-state index < -0.39 is 15.9 Å². The van der Waals surface area contributed by atoms with E-state index in [0.29, 0.717) is 23.8 Å². The molecule has 7 nitrogen and oxygen atoms in total. The maximum absolute atomic E-state index is 13.0. The molecule has 0 aliphatic carbocycles. The van der Waals surface area contributed by atoms with Crippen molar-refractivity contribution in [2.45, 2.75) is 18.7 Å². The van der Waals surface area contributed by atoms with E-state index in [1.165, 1.54) is 23.4 Å². The van der Waals surface area contributed by atoms with Gasteiger partial charge in [-0.2, -0.15) is 4.31 Å². The van der Waals surface area contributed by atoms with E-state index in [1.807, 2.05) is 6.92 Å². The third-order valence-corrected chi connectivity index (χ3v) is 6.98. The number of rotatable bonds is 4. The van der Waals surface area contributed by atoms with Crippen LogP contribution in [0.15, 0.2) is 47.4 Å². The number of hydrogen-bond donors (Lipinski definition) is 1. The fraction of sp³-hybridized carbons (Fsp3) is 0.300. The fourth-order valence-electron chi connectivity index (χ4n) is 3.15. The predicted molar refractivity (Wildman–Crippen MR) is 112 cm³/mol. The fourth-order valence-corrected chi connectivity index (χ4v) is 4.85. The smallest absolute Gasteiger partial charge is 0.255 e. The first kappa shape index (κ1) is 21.3. The first-order chi connectivity index (χ1) is 13.7. The van der Waals surface area contributed by atoms with Crippen molar-refractivity contribution in [1.82, 2.24) is 9.21 Å². The molecule has 1 aliphatic heterocycles.